The molecule has 0 aliphatic carbocycles. The van der Waals surface area contributed by atoms with Gasteiger partial charge in [0, 0.05) is 11.1 Å². The monoisotopic (exact) mass is 249 g/mol. The van der Waals surface area contributed by atoms with Crippen molar-refractivity contribution in [2.24, 2.45) is 0 Å². The van der Waals surface area contributed by atoms with Crippen LogP contribution in [0.15, 0.2) is 54.6 Å². The fraction of sp³-hybridized carbons (Fsp3) is 0.118. The molecule has 0 aliphatic heterocycles. The number of hydrogen-bond donors (Lipinski definition) is 0. The van der Waals surface area contributed by atoms with Crippen LogP contribution >= 0.6 is 0 Å². The van der Waals surface area contributed by atoms with Crippen LogP contribution in [0.2, 0.25) is 0 Å². The van der Waals surface area contributed by atoms with Crippen molar-refractivity contribution in [1.29, 1.82) is 0 Å². The molecule has 19 heavy (non-hydrogen) atoms. The van der Waals surface area contributed by atoms with Gasteiger partial charge in [-0.15, -0.1) is 0 Å². The summed E-state index contributed by atoms with van der Waals surface area (Å²) in [6, 6.07) is 18.5. The molecule has 0 bridgehead atoms. The Labute approximate surface area is 112 Å². The molecule has 0 unspecified atom stereocenters. The molecule has 0 amide bonds. The van der Waals surface area contributed by atoms with Crippen LogP contribution in [0.3, 0.4) is 0 Å². The van der Waals surface area contributed by atoms with Crippen molar-refractivity contribution in [1.82, 2.24) is 4.98 Å². The number of aromatic nitrogens is 1. The van der Waals surface area contributed by atoms with E-state index in [1.165, 1.54) is 16.5 Å². The van der Waals surface area contributed by atoms with Crippen LogP contribution in [0.4, 0.5) is 0 Å². The predicted octanol–water partition coefficient (Wildman–Crippen LogP) is 4.22. The average Bonchev–Trinajstić information content (AvgIpc) is 2.46. The Morgan fingerprint density at radius 2 is 1.68 bits per heavy atom. The zero-order valence-corrected chi connectivity index (χ0v) is 11.1. The fourth-order valence-electron chi connectivity index (χ4n) is 2.32. The van der Waals surface area contributed by atoms with Crippen molar-refractivity contribution in [2.75, 3.05) is 7.11 Å². The minimum Gasteiger partial charge on any atom is -0.497 e. The lowest BCUT2D eigenvalue weighted by atomic mass is 10.0. The van der Waals surface area contributed by atoms with Crippen LogP contribution in [0.1, 0.15) is 5.69 Å². The van der Waals surface area contributed by atoms with Crippen molar-refractivity contribution < 1.29 is 4.74 Å². The Balaban J connectivity index is 2.22. The second-order valence-electron chi connectivity index (χ2n) is 4.56. The summed E-state index contributed by atoms with van der Waals surface area (Å²) in [5.41, 5.74) is 4.46. The summed E-state index contributed by atoms with van der Waals surface area (Å²) < 4.78 is 5.20. The first-order valence-corrected chi connectivity index (χ1v) is 6.29. The number of pyridine rings is 1. The van der Waals surface area contributed by atoms with E-state index >= 15 is 0 Å². The summed E-state index contributed by atoms with van der Waals surface area (Å²) >= 11 is 0. The maximum Gasteiger partial charge on any atom is 0.118 e. The highest BCUT2D eigenvalue weighted by atomic mass is 16.5. The van der Waals surface area contributed by atoms with Crippen molar-refractivity contribution in [3.05, 3.63) is 60.3 Å². The molecule has 3 rings (SSSR count). The predicted molar refractivity (Wildman–Crippen MR) is 78.5 cm³/mol. The second kappa shape index (κ2) is 4.73. The van der Waals surface area contributed by atoms with Crippen LogP contribution in [0.5, 0.6) is 5.75 Å². The third kappa shape index (κ3) is 2.17. The molecule has 0 radical (unpaired) electrons. The van der Waals surface area contributed by atoms with Gasteiger partial charge >= 0.3 is 0 Å². The van der Waals surface area contributed by atoms with Gasteiger partial charge in [-0.2, -0.15) is 0 Å². The molecule has 0 N–H and O–H groups in total. The molecular weight excluding hydrogens is 234 g/mol. The van der Waals surface area contributed by atoms with Gasteiger partial charge in [0.25, 0.3) is 0 Å². The Morgan fingerprint density at radius 3 is 2.42 bits per heavy atom. The number of rotatable bonds is 2. The van der Waals surface area contributed by atoms with Gasteiger partial charge in [0.2, 0.25) is 0 Å². The number of para-hydroxylation sites is 1. The zero-order chi connectivity index (χ0) is 13.2. The van der Waals surface area contributed by atoms with Crippen molar-refractivity contribution >= 4 is 10.9 Å². The van der Waals surface area contributed by atoms with Gasteiger partial charge in [-0.1, -0.05) is 30.3 Å². The van der Waals surface area contributed by atoms with E-state index in [2.05, 4.69) is 35.3 Å². The normalized spacial score (nSPS) is 10.6. The standard InChI is InChI=1S/C17H15NO/c1-12-11-16(13-7-9-14(19-2)10-8-13)15-5-3-4-6-17(15)18-12/h3-11H,1-2H3. The summed E-state index contributed by atoms with van der Waals surface area (Å²) in [6.45, 7) is 2.03. The molecule has 1 aromatic heterocycles. The van der Waals surface area contributed by atoms with Crippen molar-refractivity contribution in [2.45, 2.75) is 6.92 Å². The first-order chi connectivity index (χ1) is 9.28. The van der Waals surface area contributed by atoms with Crippen LogP contribution in [0, 0.1) is 6.92 Å². The fourth-order valence-corrected chi connectivity index (χ4v) is 2.32. The van der Waals surface area contributed by atoms with Crippen LogP contribution in [-0.2, 0) is 0 Å². The van der Waals surface area contributed by atoms with Crippen LogP contribution in [0.25, 0.3) is 22.0 Å². The molecule has 0 spiro atoms. The van der Waals surface area contributed by atoms with E-state index < -0.39 is 0 Å². The first-order valence-electron chi connectivity index (χ1n) is 6.29. The minimum atomic E-state index is 0.874. The maximum atomic E-state index is 5.20. The third-order valence-electron chi connectivity index (χ3n) is 3.25. The minimum absolute atomic E-state index is 0.874. The molecule has 1 heterocycles. The molecule has 0 saturated carbocycles. The van der Waals surface area contributed by atoms with E-state index in [1.807, 2.05) is 31.2 Å². The first kappa shape index (κ1) is 11.7. The van der Waals surface area contributed by atoms with Gasteiger partial charge in [0.05, 0.1) is 12.6 Å². The Kier molecular flexibility index (Phi) is 2.92. The number of aryl methyl sites for hydroxylation is 1. The molecule has 2 nitrogen and oxygen atoms in total. The van der Waals surface area contributed by atoms with Gasteiger partial charge in [-0.05, 0) is 42.3 Å². The van der Waals surface area contributed by atoms with E-state index in [9.17, 15) is 0 Å². The average molecular weight is 249 g/mol. The van der Waals surface area contributed by atoms with Crippen LogP contribution in [-0.4, -0.2) is 12.1 Å². The largest absolute Gasteiger partial charge is 0.497 e. The van der Waals surface area contributed by atoms with Crippen molar-refractivity contribution in [3.8, 4) is 16.9 Å². The molecular formula is C17H15NO. The SMILES string of the molecule is COc1ccc(-c2cc(C)nc3ccccc23)cc1. The third-order valence-corrected chi connectivity index (χ3v) is 3.25. The lowest BCUT2D eigenvalue weighted by molar-refractivity contribution is 0.415. The molecule has 94 valence electrons. The Bertz CT molecular complexity index is 717. The smallest absolute Gasteiger partial charge is 0.118 e. The lowest BCUT2D eigenvalue weighted by Gasteiger charge is -2.09. The number of hydrogen-bond acceptors (Lipinski definition) is 2. The number of ether oxygens (including phenoxy) is 1. The van der Waals surface area contributed by atoms with Crippen LogP contribution < -0.4 is 4.74 Å². The van der Waals surface area contributed by atoms with E-state index in [-0.39, 0.29) is 0 Å². The highest BCUT2D eigenvalue weighted by Crippen LogP contribution is 2.29. The highest BCUT2D eigenvalue weighted by molar-refractivity contribution is 5.94. The zero-order valence-electron chi connectivity index (χ0n) is 11.1. The van der Waals surface area contributed by atoms with E-state index in [0.29, 0.717) is 0 Å². The molecule has 2 heteroatoms. The molecule has 0 atom stereocenters. The summed E-state index contributed by atoms with van der Waals surface area (Å²) in [5.74, 6) is 0.874. The molecule has 0 saturated heterocycles. The van der Waals surface area contributed by atoms with Gasteiger partial charge in [-0.25, -0.2) is 0 Å². The van der Waals surface area contributed by atoms with E-state index in [0.717, 1.165) is 17.0 Å². The molecule has 0 aliphatic rings. The number of nitrogens with zero attached hydrogens (tertiary/aromatic N) is 1. The van der Waals surface area contributed by atoms with Gasteiger partial charge in [0.15, 0.2) is 0 Å². The topological polar surface area (TPSA) is 22.1 Å². The van der Waals surface area contributed by atoms with Gasteiger partial charge in [-0.3, -0.25) is 4.98 Å². The van der Waals surface area contributed by atoms with Crippen molar-refractivity contribution in [3.63, 3.8) is 0 Å². The lowest BCUT2D eigenvalue weighted by Crippen LogP contribution is -1.88. The summed E-state index contributed by atoms with van der Waals surface area (Å²) in [7, 11) is 1.68. The summed E-state index contributed by atoms with van der Waals surface area (Å²) in [6.07, 6.45) is 0. The maximum absolute atomic E-state index is 5.20. The molecule has 2 aromatic carbocycles. The van der Waals surface area contributed by atoms with Gasteiger partial charge < -0.3 is 4.74 Å². The van der Waals surface area contributed by atoms with Gasteiger partial charge in [0.1, 0.15) is 5.75 Å². The molecule has 3 aromatic rings. The molecule has 0 fully saturated rings. The number of benzene rings is 2. The number of methoxy groups -OCH3 is 1. The number of fused-ring (bicyclic) bond motifs is 1. The second-order valence-corrected chi connectivity index (χ2v) is 4.56. The Hall–Kier alpha value is -2.35. The quantitative estimate of drug-likeness (QED) is 0.678. The summed E-state index contributed by atoms with van der Waals surface area (Å²) in [4.78, 5) is 4.57. The Morgan fingerprint density at radius 1 is 0.947 bits per heavy atom. The summed E-state index contributed by atoms with van der Waals surface area (Å²) in [5, 5.41) is 1.18. The van der Waals surface area contributed by atoms with E-state index in [1.54, 1.807) is 7.11 Å². The van der Waals surface area contributed by atoms with E-state index in [4.69, 9.17) is 4.74 Å². The highest BCUT2D eigenvalue weighted by Gasteiger charge is 2.06.